The molecule has 0 unspecified atom stereocenters. The van der Waals surface area contributed by atoms with Crippen molar-refractivity contribution in [3.05, 3.63) is 94.2 Å². The van der Waals surface area contributed by atoms with Crippen molar-refractivity contribution in [3.63, 3.8) is 0 Å². The maximum atomic E-state index is 14.1. The molecule has 0 aliphatic heterocycles. The Balaban J connectivity index is 1.80. The van der Waals surface area contributed by atoms with Gasteiger partial charge in [0, 0.05) is 11.8 Å². The summed E-state index contributed by atoms with van der Waals surface area (Å²) in [5, 5.41) is 9.26. The predicted octanol–water partition coefficient (Wildman–Crippen LogP) is 6.75. The first-order chi connectivity index (χ1) is 16.1. The number of hydrogen-bond acceptors (Lipinski definition) is 3. The smallest absolute Gasteiger partial charge is 0.417 e. The molecule has 176 valence electrons. The van der Waals surface area contributed by atoms with E-state index < -0.39 is 29.3 Å². The Bertz CT molecular complexity index is 1270. The van der Waals surface area contributed by atoms with Crippen molar-refractivity contribution in [1.29, 1.82) is 0 Å². The van der Waals surface area contributed by atoms with E-state index in [2.05, 4.69) is 4.98 Å². The van der Waals surface area contributed by atoms with Crippen LogP contribution in [0.25, 0.3) is 11.1 Å². The maximum absolute atomic E-state index is 14.1. The van der Waals surface area contributed by atoms with E-state index in [1.54, 1.807) is 0 Å². The van der Waals surface area contributed by atoms with Gasteiger partial charge in [0.2, 0.25) is 5.88 Å². The van der Waals surface area contributed by atoms with Gasteiger partial charge in [0.25, 0.3) is 0 Å². The monoisotopic (exact) mass is 475 g/mol. The van der Waals surface area contributed by atoms with Crippen LogP contribution in [0.2, 0.25) is 0 Å². The van der Waals surface area contributed by atoms with Crippen LogP contribution < -0.4 is 4.74 Å². The standard InChI is InChI=1S/C25H18F5NO3/c26-18-6-4-14(5-7-18)13-34-23-22(11-17(12-31-23)25(28,29)30)21-3-1-2-20(21)15-8-16(24(32)33)10-19(27)9-15/h4-12H,1-3,13H2,(H,32,33). The van der Waals surface area contributed by atoms with Gasteiger partial charge in [-0.2, -0.15) is 13.2 Å². The van der Waals surface area contributed by atoms with E-state index in [1.807, 2.05) is 0 Å². The zero-order valence-corrected chi connectivity index (χ0v) is 17.6. The number of rotatable bonds is 6. The van der Waals surface area contributed by atoms with Crippen LogP contribution in [0.15, 0.2) is 54.7 Å². The highest BCUT2D eigenvalue weighted by Gasteiger charge is 2.33. The topological polar surface area (TPSA) is 59.4 Å². The molecule has 1 heterocycles. The Morgan fingerprint density at radius 1 is 0.971 bits per heavy atom. The van der Waals surface area contributed by atoms with Crippen molar-refractivity contribution in [1.82, 2.24) is 4.98 Å². The fraction of sp³-hybridized carbons (Fsp3) is 0.200. The Labute approximate surface area is 191 Å². The molecule has 0 atom stereocenters. The van der Waals surface area contributed by atoms with Crippen molar-refractivity contribution < 1.29 is 36.6 Å². The summed E-state index contributed by atoms with van der Waals surface area (Å²) in [7, 11) is 0. The number of carbonyl (C=O) groups is 1. The molecule has 0 saturated carbocycles. The van der Waals surface area contributed by atoms with E-state index in [9.17, 15) is 31.9 Å². The van der Waals surface area contributed by atoms with Gasteiger partial charge in [-0.1, -0.05) is 12.1 Å². The maximum Gasteiger partial charge on any atom is 0.417 e. The second-order valence-corrected chi connectivity index (χ2v) is 7.83. The van der Waals surface area contributed by atoms with E-state index in [1.165, 1.54) is 30.3 Å². The summed E-state index contributed by atoms with van der Waals surface area (Å²) < 4.78 is 73.3. The fourth-order valence-electron chi connectivity index (χ4n) is 3.92. The van der Waals surface area contributed by atoms with Crippen molar-refractivity contribution in [2.45, 2.75) is 32.0 Å². The van der Waals surface area contributed by atoms with Crippen LogP contribution in [-0.2, 0) is 12.8 Å². The molecule has 1 N–H and O–H groups in total. The number of benzene rings is 2. The fourth-order valence-corrected chi connectivity index (χ4v) is 3.92. The van der Waals surface area contributed by atoms with Gasteiger partial charge in [0.15, 0.2) is 0 Å². The van der Waals surface area contributed by atoms with E-state index in [0.29, 0.717) is 42.2 Å². The molecule has 3 aromatic rings. The summed E-state index contributed by atoms with van der Waals surface area (Å²) >= 11 is 0. The summed E-state index contributed by atoms with van der Waals surface area (Å²) in [4.78, 5) is 15.3. The first-order valence-corrected chi connectivity index (χ1v) is 10.3. The third-order valence-electron chi connectivity index (χ3n) is 5.50. The molecule has 1 aliphatic rings. The number of carboxylic acids is 1. The summed E-state index contributed by atoms with van der Waals surface area (Å²) in [6.07, 6.45) is -2.60. The number of aromatic carboxylic acids is 1. The largest absolute Gasteiger partial charge is 0.478 e. The number of carboxylic acid groups (broad SMARTS) is 1. The minimum atomic E-state index is -4.65. The van der Waals surface area contributed by atoms with Gasteiger partial charge >= 0.3 is 12.1 Å². The van der Waals surface area contributed by atoms with Gasteiger partial charge in [0.1, 0.15) is 18.2 Å². The first-order valence-electron chi connectivity index (χ1n) is 10.3. The van der Waals surface area contributed by atoms with Crippen LogP contribution in [-0.4, -0.2) is 16.1 Å². The number of pyridine rings is 1. The van der Waals surface area contributed by atoms with Gasteiger partial charge in [-0.15, -0.1) is 0 Å². The highest BCUT2D eigenvalue weighted by molar-refractivity contribution is 5.96. The van der Waals surface area contributed by atoms with Gasteiger partial charge in [0.05, 0.1) is 11.1 Å². The van der Waals surface area contributed by atoms with E-state index in [4.69, 9.17) is 4.74 Å². The van der Waals surface area contributed by atoms with Crippen molar-refractivity contribution >= 4 is 17.1 Å². The lowest BCUT2D eigenvalue weighted by Crippen LogP contribution is -2.09. The molecular weight excluding hydrogens is 457 g/mol. The minimum Gasteiger partial charge on any atom is -0.478 e. The summed E-state index contributed by atoms with van der Waals surface area (Å²) in [6, 6.07) is 9.72. The minimum absolute atomic E-state index is 0.0541. The Morgan fingerprint density at radius 3 is 2.35 bits per heavy atom. The molecule has 1 aliphatic carbocycles. The van der Waals surface area contributed by atoms with E-state index >= 15 is 0 Å². The van der Waals surface area contributed by atoms with Gasteiger partial charge < -0.3 is 9.84 Å². The highest BCUT2D eigenvalue weighted by atomic mass is 19.4. The average Bonchev–Trinajstić information content (AvgIpc) is 3.27. The lowest BCUT2D eigenvalue weighted by atomic mass is 9.95. The van der Waals surface area contributed by atoms with Crippen LogP contribution in [0.5, 0.6) is 5.88 Å². The molecular formula is C25H18F5NO3. The van der Waals surface area contributed by atoms with Crippen LogP contribution >= 0.6 is 0 Å². The normalized spacial score (nSPS) is 13.9. The quantitative estimate of drug-likeness (QED) is 0.401. The zero-order valence-electron chi connectivity index (χ0n) is 17.6. The van der Waals surface area contributed by atoms with Crippen molar-refractivity contribution in [3.8, 4) is 5.88 Å². The molecule has 0 bridgehead atoms. The molecule has 0 radical (unpaired) electrons. The van der Waals surface area contributed by atoms with Crippen LogP contribution in [0.3, 0.4) is 0 Å². The Kier molecular flexibility index (Phi) is 6.37. The Hall–Kier alpha value is -3.75. The number of ether oxygens (including phenoxy) is 1. The van der Waals surface area contributed by atoms with Crippen LogP contribution in [0.4, 0.5) is 22.0 Å². The second kappa shape index (κ2) is 9.24. The molecule has 2 aromatic carbocycles. The lowest BCUT2D eigenvalue weighted by molar-refractivity contribution is -0.137. The van der Waals surface area contributed by atoms with Crippen molar-refractivity contribution in [2.24, 2.45) is 0 Å². The third-order valence-corrected chi connectivity index (χ3v) is 5.50. The summed E-state index contributed by atoms with van der Waals surface area (Å²) in [5.74, 6) is -2.57. The molecule has 4 nitrogen and oxygen atoms in total. The highest BCUT2D eigenvalue weighted by Crippen LogP contribution is 2.44. The molecule has 4 rings (SSSR count). The van der Waals surface area contributed by atoms with E-state index in [-0.39, 0.29) is 29.2 Å². The summed E-state index contributed by atoms with van der Waals surface area (Å²) in [5.41, 5.74) is 0.761. The van der Waals surface area contributed by atoms with Gasteiger partial charge in [-0.05, 0) is 77.9 Å². The second-order valence-electron chi connectivity index (χ2n) is 7.83. The first kappa shape index (κ1) is 23.4. The number of allylic oxidation sites excluding steroid dienone is 2. The number of halogens is 5. The number of alkyl halides is 3. The lowest BCUT2D eigenvalue weighted by Gasteiger charge is -2.16. The van der Waals surface area contributed by atoms with Crippen LogP contribution in [0.1, 0.15) is 51.9 Å². The predicted molar refractivity (Wildman–Crippen MR) is 114 cm³/mol. The number of nitrogens with zero attached hydrogens (tertiary/aromatic N) is 1. The SMILES string of the molecule is O=C(O)c1cc(F)cc(C2=C(c3cc(C(F)(F)F)cnc3OCc3ccc(F)cc3)CCC2)c1. The number of aromatic nitrogens is 1. The van der Waals surface area contributed by atoms with Gasteiger partial charge in [-0.3, -0.25) is 0 Å². The summed E-state index contributed by atoms with van der Waals surface area (Å²) in [6.45, 7) is -0.0581. The zero-order chi connectivity index (χ0) is 24.5. The van der Waals surface area contributed by atoms with E-state index in [0.717, 1.165) is 18.2 Å². The molecule has 0 amide bonds. The third kappa shape index (κ3) is 5.08. The molecule has 0 fully saturated rings. The average molecular weight is 475 g/mol. The Morgan fingerprint density at radius 2 is 1.68 bits per heavy atom. The molecule has 34 heavy (non-hydrogen) atoms. The number of hydrogen-bond donors (Lipinski definition) is 1. The van der Waals surface area contributed by atoms with Crippen molar-refractivity contribution in [2.75, 3.05) is 0 Å². The molecule has 9 heteroatoms. The molecule has 0 spiro atoms. The van der Waals surface area contributed by atoms with Gasteiger partial charge in [-0.25, -0.2) is 18.6 Å². The molecule has 0 saturated heterocycles. The molecule has 1 aromatic heterocycles. The van der Waals surface area contributed by atoms with Crippen LogP contribution in [0, 0.1) is 11.6 Å².